The number of hydrogen-bond donors (Lipinski definition) is 1. The van der Waals surface area contributed by atoms with E-state index in [4.69, 9.17) is 14.6 Å². The van der Waals surface area contributed by atoms with E-state index in [0.717, 1.165) is 42.1 Å². The van der Waals surface area contributed by atoms with Gasteiger partial charge in [0.1, 0.15) is 17.3 Å². The molecule has 4 heteroatoms. The van der Waals surface area contributed by atoms with Gasteiger partial charge < -0.3 is 14.6 Å². The molecule has 0 spiro atoms. The second kappa shape index (κ2) is 8.62. The number of fused-ring (bicyclic) bond motifs is 2. The van der Waals surface area contributed by atoms with Gasteiger partial charge in [-0.2, -0.15) is 0 Å². The standard InChI is InChI=1S/C27H30O4/c1-27(2)15-5-8-18(11-14-25(28)29)23(27)13-10-19-6-4-7-21-16-20-9-12-22(30-3)17-24(20)31-26(19)21/h5,8-10,12-13,15-17,23H,4,6-7,11,14H2,1-3H3,(H,28,29)/b13-10+. The molecule has 1 aromatic carbocycles. The van der Waals surface area contributed by atoms with E-state index in [-0.39, 0.29) is 17.8 Å². The van der Waals surface area contributed by atoms with Gasteiger partial charge in [0.25, 0.3) is 0 Å². The van der Waals surface area contributed by atoms with Gasteiger partial charge in [-0.05, 0) is 60.5 Å². The smallest absolute Gasteiger partial charge is 0.303 e. The first-order valence-corrected chi connectivity index (χ1v) is 11.0. The van der Waals surface area contributed by atoms with Gasteiger partial charge in [0, 0.05) is 24.0 Å². The number of rotatable bonds is 6. The Morgan fingerprint density at radius 1 is 1.32 bits per heavy atom. The van der Waals surface area contributed by atoms with E-state index in [9.17, 15) is 4.79 Å². The fraction of sp³-hybridized carbons (Fsp3) is 0.370. The van der Waals surface area contributed by atoms with Crippen LogP contribution in [0.4, 0.5) is 0 Å². The van der Waals surface area contributed by atoms with Crippen LogP contribution in [0.5, 0.6) is 11.5 Å². The van der Waals surface area contributed by atoms with E-state index in [1.54, 1.807) is 7.11 Å². The minimum Gasteiger partial charge on any atom is -0.497 e. The molecule has 1 aromatic rings. The van der Waals surface area contributed by atoms with Crippen LogP contribution in [0.3, 0.4) is 0 Å². The molecule has 31 heavy (non-hydrogen) atoms. The second-order valence-corrected chi connectivity index (χ2v) is 9.04. The van der Waals surface area contributed by atoms with Crippen molar-refractivity contribution in [1.82, 2.24) is 0 Å². The molecule has 1 aliphatic heterocycles. The van der Waals surface area contributed by atoms with Gasteiger partial charge in [-0.15, -0.1) is 0 Å². The summed E-state index contributed by atoms with van der Waals surface area (Å²) < 4.78 is 11.7. The first-order valence-electron chi connectivity index (χ1n) is 11.0. The monoisotopic (exact) mass is 418 g/mol. The Bertz CT molecular complexity index is 1030. The van der Waals surface area contributed by atoms with Crippen molar-refractivity contribution in [3.05, 3.63) is 76.6 Å². The Morgan fingerprint density at radius 3 is 2.94 bits per heavy atom. The first kappa shape index (κ1) is 21.2. The molecule has 0 amide bonds. The molecule has 0 fully saturated rings. The molecule has 0 bridgehead atoms. The molecule has 3 aliphatic rings. The highest BCUT2D eigenvalue weighted by atomic mass is 16.5. The Hall–Kier alpha value is -3.01. The van der Waals surface area contributed by atoms with Crippen LogP contribution in [-0.4, -0.2) is 18.2 Å². The maximum atomic E-state index is 11.1. The lowest BCUT2D eigenvalue weighted by molar-refractivity contribution is -0.137. The fourth-order valence-corrected chi connectivity index (χ4v) is 4.66. The van der Waals surface area contributed by atoms with Crippen LogP contribution < -0.4 is 9.47 Å². The van der Waals surface area contributed by atoms with Crippen molar-refractivity contribution >= 4 is 12.0 Å². The van der Waals surface area contributed by atoms with Gasteiger partial charge in [-0.3, -0.25) is 4.79 Å². The fourth-order valence-electron chi connectivity index (χ4n) is 4.66. The summed E-state index contributed by atoms with van der Waals surface area (Å²) in [4.78, 5) is 11.1. The van der Waals surface area contributed by atoms with Crippen LogP contribution in [0.15, 0.2) is 71.1 Å². The van der Waals surface area contributed by atoms with Crippen LogP contribution >= 0.6 is 0 Å². The Balaban J connectivity index is 1.64. The van der Waals surface area contributed by atoms with Gasteiger partial charge in [-0.25, -0.2) is 0 Å². The normalized spacial score (nSPS) is 21.7. The number of carbonyl (C=O) groups is 1. The van der Waals surface area contributed by atoms with Gasteiger partial charge >= 0.3 is 5.97 Å². The van der Waals surface area contributed by atoms with Crippen molar-refractivity contribution in [3.8, 4) is 11.5 Å². The van der Waals surface area contributed by atoms with Crippen LogP contribution in [0, 0.1) is 11.3 Å². The predicted octanol–water partition coefficient (Wildman–Crippen LogP) is 6.47. The van der Waals surface area contributed by atoms with Crippen LogP contribution in [0.1, 0.15) is 51.5 Å². The zero-order chi connectivity index (χ0) is 22.0. The third-order valence-electron chi connectivity index (χ3n) is 6.39. The van der Waals surface area contributed by atoms with Gasteiger partial charge in [-0.1, -0.05) is 49.8 Å². The maximum Gasteiger partial charge on any atom is 0.303 e. The second-order valence-electron chi connectivity index (χ2n) is 9.04. The number of allylic oxidation sites excluding steroid dienone is 8. The lowest BCUT2D eigenvalue weighted by Crippen LogP contribution is -2.24. The summed E-state index contributed by atoms with van der Waals surface area (Å²) in [5.74, 6) is 1.98. The molecule has 0 radical (unpaired) electrons. The summed E-state index contributed by atoms with van der Waals surface area (Å²) in [5, 5.41) is 9.14. The summed E-state index contributed by atoms with van der Waals surface area (Å²) in [6.45, 7) is 4.41. The highest BCUT2D eigenvalue weighted by Crippen LogP contribution is 2.43. The number of carboxylic acid groups (broad SMARTS) is 1. The summed E-state index contributed by atoms with van der Waals surface area (Å²) >= 11 is 0. The van der Waals surface area contributed by atoms with E-state index >= 15 is 0 Å². The third-order valence-corrected chi connectivity index (χ3v) is 6.39. The Morgan fingerprint density at radius 2 is 2.16 bits per heavy atom. The Labute approximate surface area is 184 Å². The topological polar surface area (TPSA) is 55.8 Å². The number of methoxy groups -OCH3 is 1. The minimum absolute atomic E-state index is 0.0644. The van der Waals surface area contributed by atoms with Crippen LogP contribution in [-0.2, 0) is 4.79 Å². The molecular weight excluding hydrogens is 388 g/mol. The largest absolute Gasteiger partial charge is 0.497 e. The van der Waals surface area contributed by atoms with Gasteiger partial charge in [0.15, 0.2) is 0 Å². The lowest BCUT2D eigenvalue weighted by Gasteiger charge is -2.34. The molecule has 4 nitrogen and oxygen atoms in total. The molecule has 1 N–H and O–H groups in total. The van der Waals surface area contributed by atoms with Gasteiger partial charge in [0.2, 0.25) is 0 Å². The van der Waals surface area contributed by atoms with E-state index in [1.165, 1.54) is 16.7 Å². The molecule has 2 aliphatic carbocycles. The molecular formula is C27H30O4. The molecule has 0 saturated heterocycles. The average molecular weight is 419 g/mol. The van der Waals surface area contributed by atoms with E-state index in [2.05, 4.69) is 50.3 Å². The number of benzene rings is 1. The lowest BCUT2D eigenvalue weighted by atomic mass is 9.70. The van der Waals surface area contributed by atoms with E-state index in [1.807, 2.05) is 18.2 Å². The van der Waals surface area contributed by atoms with E-state index < -0.39 is 5.97 Å². The van der Waals surface area contributed by atoms with Crippen LogP contribution in [0.2, 0.25) is 0 Å². The zero-order valence-electron chi connectivity index (χ0n) is 18.5. The molecule has 4 rings (SSSR count). The molecule has 1 heterocycles. The van der Waals surface area contributed by atoms with Crippen LogP contribution in [0.25, 0.3) is 6.08 Å². The average Bonchev–Trinajstić information content (AvgIpc) is 2.74. The number of ether oxygens (including phenoxy) is 2. The summed E-state index contributed by atoms with van der Waals surface area (Å²) in [5.41, 5.74) is 4.64. The Kier molecular flexibility index (Phi) is 5.90. The highest BCUT2D eigenvalue weighted by molar-refractivity contribution is 5.69. The summed E-state index contributed by atoms with van der Waals surface area (Å²) in [7, 11) is 1.66. The predicted molar refractivity (Wildman–Crippen MR) is 123 cm³/mol. The van der Waals surface area contributed by atoms with Crippen molar-refractivity contribution in [2.24, 2.45) is 11.3 Å². The molecule has 1 unspecified atom stereocenters. The quantitative estimate of drug-likeness (QED) is 0.575. The third kappa shape index (κ3) is 4.53. The summed E-state index contributed by atoms with van der Waals surface area (Å²) in [6.07, 6.45) is 16.8. The van der Waals surface area contributed by atoms with Crippen molar-refractivity contribution < 1.29 is 19.4 Å². The van der Waals surface area contributed by atoms with Gasteiger partial charge in [0.05, 0.1) is 7.11 Å². The maximum absolute atomic E-state index is 11.1. The van der Waals surface area contributed by atoms with Crippen molar-refractivity contribution in [3.63, 3.8) is 0 Å². The van der Waals surface area contributed by atoms with Crippen molar-refractivity contribution in [2.45, 2.75) is 46.0 Å². The summed E-state index contributed by atoms with van der Waals surface area (Å²) in [6, 6.07) is 5.94. The minimum atomic E-state index is -0.757. The molecule has 0 aromatic heterocycles. The first-order chi connectivity index (χ1) is 14.9. The zero-order valence-corrected chi connectivity index (χ0v) is 18.5. The van der Waals surface area contributed by atoms with Crippen molar-refractivity contribution in [2.75, 3.05) is 7.11 Å². The number of aliphatic carboxylic acids is 1. The van der Waals surface area contributed by atoms with E-state index in [0.29, 0.717) is 6.42 Å². The SMILES string of the molecule is COc1ccc2c(c1)OC1=C(/C=C/C3C(CCC(=O)O)=CC=CC3(C)C)CCCC1=C2. The van der Waals surface area contributed by atoms with Crippen molar-refractivity contribution in [1.29, 1.82) is 0 Å². The number of hydrogen-bond acceptors (Lipinski definition) is 3. The highest BCUT2D eigenvalue weighted by Gasteiger charge is 2.30. The molecule has 162 valence electrons. The molecule has 1 atom stereocenters. The molecule has 0 saturated carbocycles. The number of carboxylic acids is 1.